The highest BCUT2D eigenvalue weighted by molar-refractivity contribution is 5.90. The first-order valence-electron chi connectivity index (χ1n) is 6.39. The summed E-state index contributed by atoms with van der Waals surface area (Å²) < 4.78 is 5.16. The van der Waals surface area contributed by atoms with Crippen molar-refractivity contribution in [3.05, 3.63) is 18.2 Å². The number of carboxylic acids is 1. The van der Waals surface area contributed by atoms with Crippen LogP contribution in [0, 0.1) is 0 Å². The number of nitrogens with one attached hydrogen (secondary N) is 2. The van der Waals surface area contributed by atoms with Crippen LogP contribution in [0.3, 0.4) is 0 Å². The van der Waals surface area contributed by atoms with Crippen molar-refractivity contribution >= 4 is 11.9 Å². The molecule has 1 aromatic heterocycles. The molecule has 8 heteroatoms. The minimum absolute atomic E-state index is 0.133. The zero-order chi connectivity index (χ0) is 14.6. The highest BCUT2D eigenvalue weighted by Crippen LogP contribution is 2.18. The van der Waals surface area contributed by atoms with Gasteiger partial charge in [0.1, 0.15) is 6.04 Å². The molecular weight excluding hydrogens is 264 g/mol. The molecule has 0 unspecified atom stereocenters. The van der Waals surface area contributed by atoms with Gasteiger partial charge in [0.25, 0.3) is 0 Å². The van der Waals surface area contributed by atoms with E-state index in [0.717, 1.165) is 0 Å². The van der Waals surface area contributed by atoms with Crippen LogP contribution in [0.2, 0.25) is 0 Å². The van der Waals surface area contributed by atoms with E-state index < -0.39 is 23.5 Å². The number of rotatable bonds is 5. The maximum atomic E-state index is 12.2. The van der Waals surface area contributed by atoms with Gasteiger partial charge in [0.15, 0.2) is 0 Å². The zero-order valence-electron chi connectivity index (χ0n) is 11.0. The highest BCUT2D eigenvalue weighted by Gasteiger charge is 2.37. The molecule has 0 saturated carbocycles. The first-order valence-corrected chi connectivity index (χ1v) is 6.39. The Morgan fingerprint density at radius 3 is 2.80 bits per heavy atom. The number of hydrogen-bond acceptors (Lipinski definition) is 5. The number of carbonyl (C=O) groups is 2. The van der Waals surface area contributed by atoms with Crippen molar-refractivity contribution in [2.75, 3.05) is 13.2 Å². The van der Waals surface area contributed by atoms with Gasteiger partial charge in [0.2, 0.25) is 5.91 Å². The lowest BCUT2D eigenvalue weighted by molar-refractivity contribution is -0.143. The lowest BCUT2D eigenvalue weighted by Gasteiger charge is -2.32. The van der Waals surface area contributed by atoms with Crippen molar-refractivity contribution in [1.29, 1.82) is 0 Å². The van der Waals surface area contributed by atoms with E-state index in [9.17, 15) is 14.7 Å². The third-order valence-corrected chi connectivity index (χ3v) is 3.42. The average Bonchev–Trinajstić information content (AvgIpc) is 2.91. The fourth-order valence-corrected chi connectivity index (χ4v) is 2.08. The van der Waals surface area contributed by atoms with Gasteiger partial charge in [-0.25, -0.2) is 9.78 Å². The molecular formula is C12H18N4O4. The van der Waals surface area contributed by atoms with Gasteiger partial charge in [-0.1, -0.05) is 0 Å². The van der Waals surface area contributed by atoms with Crippen molar-refractivity contribution in [3.8, 4) is 0 Å². The van der Waals surface area contributed by atoms with E-state index in [0.29, 0.717) is 31.7 Å². The Bertz CT molecular complexity index is 468. The first kappa shape index (κ1) is 14.5. The van der Waals surface area contributed by atoms with Crippen LogP contribution in [-0.4, -0.2) is 51.7 Å². The summed E-state index contributed by atoms with van der Waals surface area (Å²) in [6.07, 6.45) is 3.88. The summed E-state index contributed by atoms with van der Waals surface area (Å²) in [6.45, 7) is 0.810. The Morgan fingerprint density at radius 1 is 1.55 bits per heavy atom. The third-order valence-electron chi connectivity index (χ3n) is 3.42. The van der Waals surface area contributed by atoms with Crippen LogP contribution in [0.1, 0.15) is 18.5 Å². The van der Waals surface area contributed by atoms with Gasteiger partial charge >= 0.3 is 5.97 Å². The number of carboxylic acid groups (broad SMARTS) is 1. The minimum atomic E-state index is -1.11. The maximum Gasteiger partial charge on any atom is 0.326 e. The quantitative estimate of drug-likeness (QED) is 0.549. The van der Waals surface area contributed by atoms with Crippen molar-refractivity contribution in [3.63, 3.8) is 0 Å². The van der Waals surface area contributed by atoms with Gasteiger partial charge in [-0.2, -0.15) is 0 Å². The molecule has 1 aliphatic heterocycles. The van der Waals surface area contributed by atoms with Crippen LogP contribution in [0.15, 0.2) is 12.5 Å². The lowest BCUT2D eigenvalue weighted by atomic mass is 9.90. The minimum Gasteiger partial charge on any atom is -0.480 e. The topological polar surface area (TPSA) is 130 Å². The molecule has 1 fully saturated rings. The molecule has 0 aliphatic carbocycles. The second-order valence-electron chi connectivity index (χ2n) is 4.91. The van der Waals surface area contributed by atoms with E-state index in [2.05, 4.69) is 15.3 Å². The fourth-order valence-electron chi connectivity index (χ4n) is 2.08. The standard InChI is InChI=1S/C12H18N4O4/c13-12(1-3-20-4-2-12)11(19)16-9(10(17)18)5-8-6-14-7-15-8/h6-7,9H,1-5,13H2,(H,14,15)(H,16,19)(H,17,18)/t9-/m1/s1. The van der Waals surface area contributed by atoms with Gasteiger partial charge in [-0.3, -0.25) is 4.79 Å². The number of H-pyrrole nitrogens is 1. The number of nitrogens with two attached hydrogens (primary N) is 1. The summed E-state index contributed by atoms with van der Waals surface area (Å²) in [5.74, 6) is -1.56. The van der Waals surface area contributed by atoms with E-state index >= 15 is 0 Å². The van der Waals surface area contributed by atoms with Crippen molar-refractivity contribution < 1.29 is 19.4 Å². The van der Waals surface area contributed by atoms with Gasteiger partial charge in [-0.05, 0) is 12.8 Å². The number of hydrogen-bond donors (Lipinski definition) is 4. The lowest BCUT2D eigenvalue weighted by Crippen LogP contribution is -2.60. The van der Waals surface area contributed by atoms with Crippen molar-refractivity contribution in [2.24, 2.45) is 5.73 Å². The molecule has 1 amide bonds. The van der Waals surface area contributed by atoms with Crippen molar-refractivity contribution in [2.45, 2.75) is 30.8 Å². The maximum absolute atomic E-state index is 12.2. The van der Waals surface area contributed by atoms with Crippen LogP contribution >= 0.6 is 0 Å². The number of nitrogens with zero attached hydrogens (tertiary/aromatic N) is 1. The van der Waals surface area contributed by atoms with Crippen LogP contribution in [0.5, 0.6) is 0 Å². The molecule has 1 aromatic rings. The average molecular weight is 282 g/mol. The molecule has 1 atom stereocenters. The predicted molar refractivity (Wildman–Crippen MR) is 68.8 cm³/mol. The molecule has 5 N–H and O–H groups in total. The number of aromatic amines is 1. The SMILES string of the molecule is NC1(C(=O)N[C@H](Cc2cnc[nH]2)C(=O)O)CCOCC1. The highest BCUT2D eigenvalue weighted by atomic mass is 16.5. The summed E-state index contributed by atoms with van der Waals surface area (Å²) in [5, 5.41) is 11.7. The molecule has 0 spiro atoms. The monoisotopic (exact) mass is 282 g/mol. The number of aliphatic carboxylic acids is 1. The molecule has 20 heavy (non-hydrogen) atoms. The number of amides is 1. The summed E-state index contributed by atoms with van der Waals surface area (Å²) >= 11 is 0. The van der Waals surface area contributed by atoms with Crippen LogP contribution < -0.4 is 11.1 Å². The molecule has 2 rings (SSSR count). The smallest absolute Gasteiger partial charge is 0.326 e. The molecule has 110 valence electrons. The first-order chi connectivity index (χ1) is 9.51. The Labute approximate surface area is 115 Å². The van der Waals surface area contributed by atoms with Gasteiger partial charge in [-0.15, -0.1) is 0 Å². The molecule has 2 heterocycles. The summed E-state index contributed by atoms with van der Waals surface area (Å²) in [7, 11) is 0. The number of aromatic nitrogens is 2. The van der Waals surface area contributed by atoms with E-state index in [1.54, 1.807) is 0 Å². The second-order valence-corrected chi connectivity index (χ2v) is 4.91. The van der Waals surface area contributed by atoms with Gasteiger partial charge < -0.3 is 25.9 Å². The summed E-state index contributed by atoms with van der Waals surface area (Å²) in [6, 6.07) is -1.04. The molecule has 0 radical (unpaired) electrons. The Morgan fingerprint density at radius 2 is 2.25 bits per heavy atom. The van der Waals surface area contributed by atoms with Gasteiger partial charge in [0, 0.05) is 31.5 Å². The summed E-state index contributed by atoms with van der Waals surface area (Å²) in [4.78, 5) is 30.0. The Balaban J connectivity index is 2.00. The molecule has 8 nitrogen and oxygen atoms in total. The normalized spacial score (nSPS) is 19.2. The number of imidazole rings is 1. The largest absolute Gasteiger partial charge is 0.480 e. The van der Waals surface area contributed by atoms with Crippen LogP contribution in [-0.2, 0) is 20.7 Å². The van der Waals surface area contributed by atoms with E-state index in [-0.39, 0.29) is 6.42 Å². The molecule has 1 aliphatic rings. The Kier molecular flexibility index (Phi) is 4.35. The van der Waals surface area contributed by atoms with E-state index in [4.69, 9.17) is 10.5 Å². The van der Waals surface area contributed by atoms with Crippen LogP contribution in [0.25, 0.3) is 0 Å². The fraction of sp³-hybridized carbons (Fsp3) is 0.583. The van der Waals surface area contributed by atoms with E-state index in [1.165, 1.54) is 12.5 Å². The third kappa shape index (κ3) is 3.34. The second kappa shape index (κ2) is 6.02. The van der Waals surface area contributed by atoms with Gasteiger partial charge in [0.05, 0.1) is 11.9 Å². The van der Waals surface area contributed by atoms with Crippen LogP contribution in [0.4, 0.5) is 0 Å². The predicted octanol–water partition coefficient (Wildman–Crippen LogP) is -0.970. The molecule has 0 aromatic carbocycles. The Hall–Kier alpha value is -1.93. The number of carbonyl (C=O) groups excluding carboxylic acids is 1. The molecule has 1 saturated heterocycles. The number of ether oxygens (including phenoxy) is 1. The zero-order valence-corrected chi connectivity index (χ0v) is 11.0. The molecule has 0 bridgehead atoms. The summed E-state index contributed by atoms with van der Waals surface area (Å²) in [5.41, 5.74) is 5.60. The van der Waals surface area contributed by atoms with Crippen molar-refractivity contribution in [1.82, 2.24) is 15.3 Å². The van der Waals surface area contributed by atoms with E-state index in [1.807, 2.05) is 0 Å².